The van der Waals surface area contributed by atoms with Crippen LogP contribution >= 0.6 is 20.2 Å². The van der Waals surface area contributed by atoms with Gasteiger partial charge in [0.1, 0.15) is 0 Å². The molecular weight excluding hydrogens is 789 g/mol. The Morgan fingerprint density at radius 1 is 0.488 bits per heavy atom. The fourth-order valence-electron chi connectivity index (χ4n) is 2.70. The van der Waals surface area contributed by atoms with Crippen molar-refractivity contribution in [3.8, 4) is 0 Å². The zero-order valence-electron chi connectivity index (χ0n) is 19.5. The second-order valence-corrected chi connectivity index (χ2v) is 14.5. The summed E-state index contributed by atoms with van der Waals surface area (Å²) in [5.74, 6) is -53.3. The van der Waals surface area contributed by atoms with Gasteiger partial charge in [0.15, 0.2) is 0 Å². The average Bonchev–Trinajstić information content (AvgIpc) is 2.87. The molecule has 0 radical (unpaired) electrons. The SMILES string of the molecule is O=S(=O)(OI(c1ccccc1)c1ccc(F)cc1)C(F)(F)C(F)(F)C(F)(F)C(F)(F)C(F)(F)C(F)(F)C(F)(F)C(F)(F)F. The van der Waals surface area contributed by atoms with Gasteiger partial charge in [0.2, 0.25) is 0 Å². The van der Waals surface area contributed by atoms with E-state index in [1.807, 2.05) is 0 Å². The van der Waals surface area contributed by atoms with Crippen LogP contribution in [0.5, 0.6) is 0 Å². The fourth-order valence-corrected chi connectivity index (χ4v) is 9.68. The fraction of sp³-hybridized carbons (Fsp3) is 0.400. The zero-order chi connectivity index (χ0) is 33.9. The summed E-state index contributed by atoms with van der Waals surface area (Å²) in [5.41, 5.74) is 0. The zero-order valence-corrected chi connectivity index (χ0v) is 22.5. The predicted octanol–water partition coefficient (Wildman–Crippen LogP) is 8.60. The Kier molecular flexibility index (Phi) is 9.48. The molecule has 0 aliphatic rings. The minimum absolute atomic E-state index is 0.473. The summed E-state index contributed by atoms with van der Waals surface area (Å²) < 4.78 is 270. The second kappa shape index (κ2) is 11.0. The molecule has 0 unspecified atom stereocenters. The summed E-state index contributed by atoms with van der Waals surface area (Å²) in [6, 6.07) is 7.30. The molecule has 2 aromatic carbocycles. The summed E-state index contributed by atoms with van der Waals surface area (Å²) in [5, 5.41) is -7.81. The molecule has 0 saturated carbocycles. The van der Waals surface area contributed by atoms with Gasteiger partial charge in [-0.15, -0.1) is 0 Å². The molecule has 0 aliphatic carbocycles. The predicted molar refractivity (Wildman–Crippen MR) is 115 cm³/mol. The Bertz CT molecular complexity index is 1390. The van der Waals surface area contributed by atoms with Gasteiger partial charge in [0, 0.05) is 0 Å². The monoisotopic (exact) mass is 798 g/mol. The average molecular weight is 798 g/mol. The van der Waals surface area contributed by atoms with Crippen molar-refractivity contribution in [3.63, 3.8) is 0 Å². The molecule has 0 bridgehead atoms. The first-order valence-corrected chi connectivity index (χ1v) is 14.6. The van der Waals surface area contributed by atoms with E-state index in [2.05, 4.69) is 2.51 Å². The Labute approximate surface area is 234 Å². The molecule has 2 aromatic rings. The molecule has 0 saturated heterocycles. The summed E-state index contributed by atoms with van der Waals surface area (Å²) >= 11 is -4.69. The van der Waals surface area contributed by atoms with Crippen molar-refractivity contribution in [2.75, 3.05) is 0 Å². The number of benzene rings is 2. The molecule has 0 amide bonds. The molecule has 3 nitrogen and oxygen atoms in total. The molecule has 0 spiro atoms. The molecule has 0 heterocycles. The van der Waals surface area contributed by atoms with Crippen LogP contribution in [0.2, 0.25) is 0 Å². The number of halogens is 19. The normalized spacial score (nSPS) is 15.4. The third-order valence-corrected chi connectivity index (χ3v) is 12.5. The van der Waals surface area contributed by atoms with Crippen LogP contribution in [0.3, 0.4) is 0 Å². The van der Waals surface area contributed by atoms with Gasteiger partial charge in [0.05, 0.1) is 0 Å². The molecule has 0 fully saturated rings. The number of hydrogen-bond donors (Lipinski definition) is 0. The van der Waals surface area contributed by atoms with Crippen molar-refractivity contribution >= 4 is 30.4 Å². The van der Waals surface area contributed by atoms with E-state index in [1.54, 1.807) is 0 Å². The first-order valence-electron chi connectivity index (χ1n) is 10.1. The van der Waals surface area contributed by atoms with Crippen LogP contribution in [-0.2, 0) is 12.6 Å². The van der Waals surface area contributed by atoms with E-state index < -0.39 is 90.3 Å². The Hall–Kier alpha value is -2.18. The summed E-state index contributed by atoms with van der Waals surface area (Å²) in [6.45, 7) is 0. The standard InChI is InChI=1S/C20H9F18IO3S/c21-10-6-8-12(9-7-10)39(11-4-2-1-3-5-11)42-43(40,41)20(37,38)18(32,33)16(28,29)14(24,25)13(22,23)15(26,27)17(30,31)19(34,35)36/h1-9H. The van der Waals surface area contributed by atoms with Crippen LogP contribution in [0.4, 0.5) is 79.0 Å². The molecule has 0 aromatic heterocycles. The third-order valence-electron chi connectivity index (χ3n) is 5.09. The van der Waals surface area contributed by atoms with E-state index >= 15 is 0 Å². The van der Waals surface area contributed by atoms with Crippen molar-refractivity contribution in [1.82, 2.24) is 0 Å². The maximum absolute atomic E-state index is 14.5. The molecule has 0 N–H and O–H groups in total. The van der Waals surface area contributed by atoms with Gasteiger partial charge in [-0.3, -0.25) is 0 Å². The van der Waals surface area contributed by atoms with Crippen molar-refractivity contribution in [1.29, 1.82) is 0 Å². The second-order valence-electron chi connectivity index (χ2n) is 7.96. The Morgan fingerprint density at radius 2 is 0.837 bits per heavy atom. The van der Waals surface area contributed by atoms with E-state index in [1.165, 1.54) is 6.07 Å². The summed E-state index contributed by atoms with van der Waals surface area (Å²) in [7, 11) is -7.78. The van der Waals surface area contributed by atoms with Crippen molar-refractivity contribution in [2.45, 2.75) is 47.0 Å². The van der Waals surface area contributed by atoms with E-state index in [0.29, 0.717) is 24.3 Å². The molecule has 0 aliphatic heterocycles. The Morgan fingerprint density at radius 3 is 1.23 bits per heavy atom. The molecule has 2 rings (SSSR count). The quantitative estimate of drug-likeness (QED) is 0.169. The van der Waals surface area contributed by atoms with Gasteiger partial charge in [0.25, 0.3) is 0 Å². The van der Waals surface area contributed by atoms with Gasteiger partial charge < -0.3 is 0 Å². The first kappa shape index (κ1) is 37.0. The number of rotatable bonds is 11. The number of alkyl halides is 17. The van der Waals surface area contributed by atoms with Crippen LogP contribution in [0, 0.1) is 13.0 Å². The minimum atomic E-state index is -8.95. The topological polar surface area (TPSA) is 43.4 Å². The molecule has 0 atom stereocenters. The van der Waals surface area contributed by atoms with E-state index in [4.69, 9.17) is 0 Å². The van der Waals surface area contributed by atoms with Crippen molar-refractivity contribution < 1.29 is 90.0 Å². The van der Waals surface area contributed by atoms with Crippen LogP contribution in [0.1, 0.15) is 0 Å². The van der Waals surface area contributed by atoms with E-state index in [9.17, 15) is 87.4 Å². The van der Waals surface area contributed by atoms with Crippen LogP contribution in [0.15, 0.2) is 54.6 Å². The molecular formula is C20H9F18IO3S. The molecule has 43 heavy (non-hydrogen) atoms. The van der Waals surface area contributed by atoms with Gasteiger partial charge in [-0.05, 0) is 0 Å². The van der Waals surface area contributed by atoms with E-state index in [-0.39, 0.29) is 0 Å². The van der Waals surface area contributed by atoms with Gasteiger partial charge in [-0.25, -0.2) is 0 Å². The van der Waals surface area contributed by atoms with Crippen LogP contribution in [-0.4, -0.2) is 55.4 Å². The third kappa shape index (κ3) is 5.60. The van der Waals surface area contributed by atoms with Gasteiger partial charge in [-0.1, -0.05) is 0 Å². The molecule has 23 heteroatoms. The van der Waals surface area contributed by atoms with E-state index in [0.717, 1.165) is 24.3 Å². The number of hydrogen-bond acceptors (Lipinski definition) is 3. The molecule has 246 valence electrons. The van der Waals surface area contributed by atoms with Crippen LogP contribution < -0.4 is 0 Å². The maximum atomic E-state index is 14.5. The first-order chi connectivity index (χ1) is 19.0. The van der Waals surface area contributed by atoms with Crippen molar-refractivity contribution in [2.24, 2.45) is 0 Å². The summed E-state index contributed by atoms with van der Waals surface area (Å²) in [6.07, 6.45) is -7.92. The van der Waals surface area contributed by atoms with Gasteiger partial charge >= 0.3 is 235 Å². The van der Waals surface area contributed by atoms with Crippen molar-refractivity contribution in [3.05, 3.63) is 67.6 Å². The summed E-state index contributed by atoms with van der Waals surface area (Å²) in [4.78, 5) is 0. The van der Waals surface area contributed by atoms with Gasteiger partial charge in [-0.2, -0.15) is 0 Å². The Balaban J connectivity index is 2.68. The van der Waals surface area contributed by atoms with Crippen LogP contribution in [0.25, 0.3) is 0 Å².